The Morgan fingerprint density at radius 1 is 0.385 bits per heavy atom. The molecule has 0 atom stereocenters. The lowest BCUT2D eigenvalue weighted by Crippen LogP contribution is -2.59. The highest BCUT2D eigenvalue weighted by molar-refractivity contribution is 6.92. The first-order chi connectivity index (χ1) is 25.8. The number of hydrogen-bond acceptors (Lipinski definition) is 2. The van der Waals surface area contributed by atoms with Crippen molar-refractivity contribution in [3.05, 3.63) is 181 Å². The standard InChI is InChI=1S/C49H30BNO/c1-2-10-36-34(9-1)25-35-18-17-30(26-40(35)36)31-19-22-45-41(27-31)38-12-4-7-15-46(38)51-47-23-20-32(28-42(47)37-11-3-6-14-44(37)50(45)51)33-21-24-49-43(29-33)39-13-5-8-16-48(39)52-49/h1-24,26-29H,25H2. The normalized spacial score (nSPS) is 13.2. The molecule has 8 aromatic carbocycles. The third-order valence-corrected chi connectivity index (χ3v) is 11.7. The SMILES string of the molecule is c1ccc2c(c1)Cc1ccc(-c3ccc4c(c3)-c3ccccc3N3B4c4ccccc4-c4cc(-c5ccc6oc7ccccc7c6c5)ccc43)cc1-2. The van der Waals surface area contributed by atoms with E-state index in [9.17, 15) is 0 Å². The second kappa shape index (κ2) is 10.5. The third kappa shape index (κ3) is 3.91. The van der Waals surface area contributed by atoms with Crippen LogP contribution < -0.4 is 15.7 Å². The average molecular weight is 660 g/mol. The van der Waals surface area contributed by atoms with E-state index < -0.39 is 0 Å². The fraction of sp³-hybridized carbons (Fsp3) is 0.0204. The van der Waals surface area contributed by atoms with Crippen molar-refractivity contribution in [2.45, 2.75) is 6.42 Å². The Morgan fingerprint density at radius 2 is 0.981 bits per heavy atom. The molecular formula is C49H30BNO. The van der Waals surface area contributed by atoms with E-state index in [0.29, 0.717) is 0 Å². The van der Waals surface area contributed by atoms with Gasteiger partial charge in [0.25, 0.3) is 0 Å². The van der Waals surface area contributed by atoms with Crippen molar-refractivity contribution in [1.29, 1.82) is 0 Å². The van der Waals surface area contributed by atoms with Gasteiger partial charge in [0.2, 0.25) is 0 Å². The molecule has 0 saturated carbocycles. The van der Waals surface area contributed by atoms with Gasteiger partial charge in [-0.05, 0) is 122 Å². The molecule has 0 N–H and O–H groups in total. The molecule has 3 heteroatoms. The van der Waals surface area contributed by atoms with Crippen LogP contribution in [0.25, 0.3) is 77.6 Å². The van der Waals surface area contributed by atoms with Gasteiger partial charge in [-0.25, -0.2) is 0 Å². The lowest BCUT2D eigenvalue weighted by molar-refractivity contribution is 0.669. The van der Waals surface area contributed by atoms with Gasteiger partial charge in [0, 0.05) is 33.3 Å². The van der Waals surface area contributed by atoms with Gasteiger partial charge >= 0.3 is 6.85 Å². The van der Waals surface area contributed by atoms with Crippen LogP contribution in [-0.2, 0) is 6.42 Å². The first-order valence-electron chi connectivity index (χ1n) is 18.2. The molecule has 1 aliphatic carbocycles. The highest BCUT2D eigenvalue weighted by Gasteiger charge is 2.42. The maximum Gasteiger partial charge on any atom is 0.329 e. The first kappa shape index (κ1) is 28.2. The van der Waals surface area contributed by atoms with E-state index in [4.69, 9.17) is 4.42 Å². The van der Waals surface area contributed by atoms with Gasteiger partial charge in [-0.2, -0.15) is 0 Å². The molecule has 0 radical (unpaired) electrons. The molecule has 12 rings (SSSR count). The number of anilines is 2. The van der Waals surface area contributed by atoms with E-state index in [2.05, 4.69) is 163 Å². The Kier molecular flexibility index (Phi) is 5.67. The van der Waals surface area contributed by atoms with Crippen molar-refractivity contribution in [1.82, 2.24) is 0 Å². The molecule has 0 saturated heterocycles. The van der Waals surface area contributed by atoms with Crippen LogP contribution in [0, 0.1) is 0 Å². The van der Waals surface area contributed by atoms with Crippen molar-refractivity contribution < 1.29 is 4.42 Å². The average Bonchev–Trinajstić information content (AvgIpc) is 3.78. The van der Waals surface area contributed by atoms with E-state index in [-0.39, 0.29) is 6.85 Å². The van der Waals surface area contributed by atoms with Crippen molar-refractivity contribution in [3.8, 4) is 55.6 Å². The van der Waals surface area contributed by atoms with Crippen LogP contribution in [0.4, 0.5) is 11.4 Å². The van der Waals surface area contributed by atoms with Crippen LogP contribution in [0.5, 0.6) is 0 Å². The topological polar surface area (TPSA) is 16.4 Å². The fourth-order valence-corrected chi connectivity index (χ4v) is 9.30. The van der Waals surface area contributed by atoms with Crippen molar-refractivity contribution >= 4 is 51.1 Å². The summed E-state index contributed by atoms with van der Waals surface area (Å²) in [6, 6.07) is 62.9. The summed E-state index contributed by atoms with van der Waals surface area (Å²) < 4.78 is 6.16. The molecule has 0 unspecified atom stereocenters. The highest BCUT2D eigenvalue weighted by Crippen LogP contribution is 2.48. The number of nitrogens with zero attached hydrogens (tertiary/aromatic N) is 1. The molecule has 2 nitrogen and oxygen atoms in total. The van der Waals surface area contributed by atoms with Crippen LogP contribution in [0.15, 0.2) is 174 Å². The molecule has 9 aromatic rings. The van der Waals surface area contributed by atoms with Crippen LogP contribution in [-0.4, -0.2) is 6.85 Å². The number of benzene rings is 8. The summed E-state index contributed by atoms with van der Waals surface area (Å²) in [5.41, 5.74) is 22.6. The Bertz CT molecular complexity index is 2970. The molecule has 0 bridgehead atoms. The predicted octanol–water partition coefficient (Wildman–Crippen LogP) is 11.4. The number of fused-ring (bicyclic) bond motifs is 17. The van der Waals surface area contributed by atoms with Crippen LogP contribution in [0.2, 0.25) is 0 Å². The summed E-state index contributed by atoms with van der Waals surface area (Å²) in [6.45, 7) is 0.0639. The van der Waals surface area contributed by atoms with Crippen molar-refractivity contribution in [2.75, 3.05) is 4.81 Å². The van der Waals surface area contributed by atoms with E-state index >= 15 is 0 Å². The van der Waals surface area contributed by atoms with E-state index in [1.807, 2.05) is 12.1 Å². The zero-order valence-electron chi connectivity index (χ0n) is 28.3. The van der Waals surface area contributed by atoms with E-state index in [1.165, 1.54) is 89.1 Å². The summed E-state index contributed by atoms with van der Waals surface area (Å²) in [4.78, 5) is 2.58. The zero-order valence-corrected chi connectivity index (χ0v) is 28.3. The Balaban J connectivity index is 1.01. The van der Waals surface area contributed by atoms with Crippen molar-refractivity contribution in [2.24, 2.45) is 0 Å². The van der Waals surface area contributed by atoms with Gasteiger partial charge in [0.05, 0.1) is 0 Å². The summed E-state index contributed by atoms with van der Waals surface area (Å²) in [7, 11) is 0. The summed E-state index contributed by atoms with van der Waals surface area (Å²) in [5.74, 6) is 0. The molecule has 0 amide bonds. The van der Waals surface area contributed by atoms with E-state index in [1.54, 1.807) is 0 Å². The molecule has 1 aromatic heterocycles. The minimum Gasteiger partial charge on any atom is -0.456 e. The van der Waals surface area contributed by atoms with Gasteiger partial charge in [-0.3, -0.25) is 0 Å². The monoisotopic (exact) mass is 659 g/mol. The Morgan fingerprint density at radius 3 is 1.90 bits per heavy atom. The number of rotatable bonds is 2. The maximum absolute atomic E-state index is 6.16. The minimum absolute atomic E-state index is 0.0639. The molecule has 0 spiro atoms. The number of hydrogen-bond donors (Lipinski definition) is 0. The van der Waals surface area contributed by atoms with Gasteiger partial charge in [0.15, 0.2) is 0 Å². The smallest absolute Gasteiger partial charge is 0.329 e. The highest BCUT2D eigenvalue weighted by atomic mass is 16.3. The molecule has 2 aliphatic heterocycles. The van der Waals surface area contributed by atoms with Gasteiger partial charge in [-0.15, -0.1) is 0 Å². The number of para-hydroxylation sites is 2. The lowest BCUT2D eigenvalue weighted by Gasteiger charge is -2.43. The Labute approximate surface area is 302 Å². The summed E-state index contributed by atoms with van der Waals surface area (Å²) in [5, 5.41) is 2.30. The van der Waals surface area contributed by atoms with Crippen molar-refractivity contribution in [3.63, 3.8) is 0 Å². The summed E-state index contributed by atoms with van der Waals surface area (Å²) >= 11 is 0. The van der Waals surface area contributed by atoms with Gasteiger partial charge in [-0.1, -0.05) is 121 Å². The minimum atomic E-state index is 0.0639. The molecule has 52 heavy (non-hydrogen) atoms. The van der Waals surface area contributed by atoms with Crippen LogP contribution in [0.1, 0.15) is 11.1 Å². The van der Waals surface area contributed by atoms with Gasteiger partial charge in [0.1, 0.15) is 11.2 Å². The molecule has 3 aliphatic rings. The molecule has 240 valence electrons. The zero-order chi connectivity index (χ0) is 33.9. The van der Waals surface area contributed by atoms with Gasteiger partial charge < -0.3 is 9.23 Å². The number of furan rings is 1. The lowest BCUT2D eigenvalue weighted by atomic mass is 9.43. The van der Waals surface area contributed by atoms with Crippen LogP contribution in [0.3, 0.4) is 0 Å². The first-order valence-corrected chi connectivity index (χ1v) is 18.2. The molecular weight excluding hydrogens is 629 g/mol. The molecule has 3 heterocycles. The predicted molar refractivity (Wildman–Crippen MR) is 217 cm³/mol. The second-order valence-electron chi connectivity index (χ2n) is 14.4. The van der Waals surface area contributed by atoms with E-state index in [0.717, 1.165) is 28.4 Å². The quantitative estimate of drug-likeness (QED) is 0.172. The maximum atomic E-state index is 6.16. The largest absolute Gasteiger partial charge is 0.456 e. The Hall–Kier alpha value is -6.58. The third-order valence-electron chi connectivity index (χ3n) is 11.7. The molecule has 0 fully saturated rings. The summed E-state index contributed by atoms with van der Waals surface area (Å²) in [6.07, 6.45) is 1.01. The van der Waals surface area contributed by atoms with Crippen LogP contribution >= 0.6 is 0 Å². The fourth-order valence-electron chi connectivity index (χ4n) is 9.30. The second-order valence-corrected chi connectivity index (χ2v) is 14.4.